The molecule has 194 valence electrons. The number of pyridine rings is 1. The molecule has 1 saturated heterocycles. The highest BCUT2D eigenvalue weighted by Gasteiger charge is 2.39. The third-order valence-electron chi connectivity index (χ3n) is 7.05. The molecule has 1 fully saturated rings. The maximum Gasteiger partial charge on any atom is 0.251 e. The molecule has 1 amide bonds. The monoisotopic (exact) mass is 574 g/mol. The smallest absolute Gasteiger partial charge is 0.251 e. The predicted octanol–water partition coefficient (Wildman–Crippen LogP) is 4.84. The molecule has 2 aliphatic rings. The third kappa shape index (κ3) is 5.01. The van der Waals surface area contributed by atoms with Gasteiger partial charge in [-0.1, -0.05) is 28.1 Å². The molecule has 4 heterocycles. The summed E-state index contributed by atoms with van der Waals surface area (Å²) in [4.78, 5) is 17.4. The van der Waals surface area contributed by atoms with Crippen molar-refractivity contribution in [3.05, 3.63) is 88.5 Å². The van der Waals surface area contributed by atoms with Crippen molar-refractivity contribution in [3.8, 4) is 17.2 Å². The van der Waals surface area contributed by atoms with Crippen molar-refractivity contribution in [1.29, 1.82) is 0 Å². The van der Waals surface area contributed by atoms with Gasteiger partial charge in [0.2, 0.25) is 11.8 Å². The fourth-order valence-corrected chi connectivity index (χ4v) is 5.38. The summed E-state index contributed by atoms with van der Waals surface area (Å²) in [5.41, 5.74) is 2.65. The quantitative estimate of drug-likeness (QED) is 0.300. The van der Waals surface area contributed by atoms with Crippen molar-refractivity contribution in [2.45, 2.75) is 30.8 Å². The summed E-state index contributed by atoms with van der Waals surface area (Å²) in [6, 6.07) is 17.0. The van der Waals surface area contributed by atoms with Crippen molar-refractivity contribution in [1.82, 2.24) is 25.8 Å². The molecule has 6 rings (SSSR count). The van der Waals surface area contributed by atoms with Gasteiger partial charge >= 0.3 is 0 Å². The van der Waals surface area contributed by atoms with E-state index in [1.165, 1.54) is 0 Å². The molecule has 10 heteroatoms. The Labute approximate surface area is 228 Å². The zero-order chi connectivity index (χ0) is 26.0. The van der Waals surface area contributed by atoms with E-state index in [2.05, 4.69) is 47.1 Å². The van der Waals surface area contributed by atoms with E-state index in [0.29, 0.717) is 30.4 Å². The second kappa shape index (κ2) is 10.5. The van der Waals surface area contributed by atoms with Crippen LogP contribution in [0.2, 0.25) is 0 Å². The lowest BCUT2D eigenvalue weighted by Gasteiger charge is -2.36. The van der Waals surface area contributed by atoms with E-state index < -0.39 is 5.54 Å². The van der Waals surface area contributed by atoms with Gasteiger partial charge in [-0.25, -0.2) is 0 Å². The highest BCUT2D eigenvalue weighted by molar-refractivity contribution is 9.10. The molecule has 0 radical (unpaired) electrons. The number of fused-ring (bicyclic) bond motifs is 1. The molecule has 0 bridgehead atoms. The van der Waals surface area contributed by atoms with Crippen molar-refractivity contribution < 1.29 is 13.9 Å². The average molecular weight is 575 g/mol. The Balaban J connectivity index is 1.23. The van der Waals surface area contributed by atoms with Gasteiger partial charge in [0.15, 0.2) is 0 Å². The summed E-state index contributed by atoms with van der Waals surface area (Å²) in [6.45, 7) is 2.16. The van der Waals surface area contributed by atoms with Crippen LogP contribution >= 0.6 is 15.9 Å². The highest BCUT2D eigenvalue weighted by Crippen LogP contribution is 2.36. The minimum atomic E-state index is -0.550. The zero-order valence-corrected chi connectivity index (χ0v) is 22.2. The molecule has 0 spiro atoms. The van der Waals surface area contributed by atoms with Crippen molar-refractivity contribution in [2.24, 2.45) is 0 Å². The summed E-state index contributed by atoms with van der Waals surface area (Å²) < 4.78 is 12.9. The zero-order valence-electron chi connectivity index (χ0n) is 20.6. The number of ether oxygens (including phenoxy) is 1. The van der Waals surface area contributed by atoms with Gasteiger partial charge in [0.05, 0.1) is 12.6 Å². The van der Waals surface area contributed by atoms with Crippen molar-refractivity contribution in [3.63, 3.8) is 0 Å². The van der Waals surface area contributed by atoms with Crippen LogP contribution in [0.15, 0.2) is 75.9 Å². The molecule has 2 aromatic heterocycles. The Bertz CT molecular complexity index is 1440. The molecule has 1 atom stereocenters. The molecule has 3 N–H and O–H groups in total. The number of aromatic nitrogens is 3. The SMILES string of the molecule is O=C(N[C@@H]1CCOc2cc(Br)ccc21)c1cccc(NC2(c3nnc(-c4ccncc4)o3)CCNCC2)c1. The van der Waals surface area contributed by atoms with E-state index in [1.54, 1.807) is 12.4 Å². The summed E-state index contributed by atoms with van der Waals surface area (Å²) in [5.74, 6) is 1.65. The van der Waals surface area contributed by atoms with Crippen LogP contribution < -0.4 is 20.7 Å². The standard InChI is InChI=1S/C28H27BrN6O3/c29-20-4-5-22-23(8-15-37-24(22)17-20)32-25(36)19-2-1-3-21(16-19)33-28(9-13-31-14-10-28)27-35-34-26(38-27)18-6-11-30-12-7-18/h1-7,11-12,16-17,23,31,33H,8-10,13-15H2,(H,32,36)/t23-/m1/s1. The van der Waals surface area contributed by atoms with E-state index >= 15 is 0 Å². The van der Waals surface area contributed by atoms with Crippen molar-refractivity contribution in [2.75, 3.05) is 25.0 Å². The molecule has 4 aromatic rings. The largest absolute Gasteiger partial charge is 0.493 e. The fraction of sp³-hybridized carbons (Fsp3) is 0.286. The number of piperidine rings is 1. The van der Waals surface area contributed by atoms with Crippen LogP contribution in [-0.2, 0) is 5.54 Å². The lowest BCUT2D eigenvalue weighted by molar-refractivity contribution is 0.0925. The summed E-state index contributed by atoms with van der Waals surface area (Å²) in [6.07, 6.45) is 5.63. The number of anilines is 1. The van der Waals surface area contributed by atoms with Crippen LogP contribution in [0.4, 0.5) is 5.69 Å². The fourth-order valence-electron chi connectivity index (χ4n) is 5.04. The van der Waals surface area contributed by atoms with Crippen LogP contribution in [0.3, 0.4) is 0 Å². The molecule has 0 unspecified atom stereocenters. The van der Waals surface area contributed by atoms with Crippen LogP contribution in [0.5, 0.6) is 5.75 Å². The second-order valence-corrected chi connectivity index (χ2v) is 10.4. The second-order valence-electron chi connectivity index (χ2n) is 9.53. The first-order valence-electron chi connectivity index (χ1n) is 12.7. The van der Waals surface area contributed by atoms with Crippen LogP contribution in [0, 0.1) is 0 Å². The summed E-state index contributed by atoms with van der Waals surface area (Å²) >= 11 is 3.48. The first-order chi connectivity index (χ1) is 18.6. The highest BCUT2D eigenvalue weighted by atomic mass is 79.9. The van der Waals surface area contributed by atoms with Gasteiger partial charge in [-0.3, -0.25) is 9.78 Å². The Hall–Kier alpha value is -3.76. The normalized spacial score (nSPS) is 18.2. The number of nitrogens with zero attached hydrogens (tertiary/aromatic N) is 3. The number of halogens is 1. The van der Waals surface area contributed by atoms with Crippen LogP contribution in [-0.4, -0.2) is 40.8 Å². The summed E-state index contributed by atoms with van der Waals surface area (Å²) in [7, 11) is 0. The molecule has 0 saturated carbocycles. The Morgan fingerprint density at radius 3 is 2.74 bits per heavy atom. The lowest BCUT2D eigenvalue weighted by Crippen LogP contribution is -2.45. The predicted molar refractivity (Wildman–Crippen MR) is 146 cm³/mol. The van der Waals surface area contributed by atoms with Crippen LogP contribution in [0.1, 0.15) is 47.1 Å². The maximum absolute atomic E-state index is 13.3. The van der Waals surface area contributed by atoms with Gasteiger partial charge in [0.1, 0.15) is 11.3 Å². The number of nitrogens with one attached hydrogen (secondary N) is 3. The Kier molecular flexibility index (Phi) is 6.82. The third-order valence-corrected chi connectivity index (χ3v) is 7.54. The molecule has 2 aromatic carbocycles. The lowest BCUT2D eigenvalue weighted by atomic mass is 9.87. The number of amides is 1. The molecular formula is C28H27BrN6O3. The molecule has 38 heavy (non-hydrogen) atoms. The molecule has 2 aliphatic heterocycles. The number of hydrogen-bond donors (Lipinski definition) is 3. The van der Waals surface area contributed by atoms with E-state index in [-0.39, 0.29) is 11.9 Å². The molecule has 0 aliphatic carbocycles. The molecular weight excluding hydrogens is 548 g/mol. The number of hydrogen-bond acceptors (Lipinski definition) is 8. The van der Waals surface area contributed by atoms with Gasteiger partial charge in [-0.15, -0.1) is 10.2 Å². The van der Waals surface area contributed by atoms with Crippen molar-refractivity contribution >= 4 is 27.5 Å². The van der Waals surface area contributed by atoms with Gasteiger partial charge in [0.25, 0.3) is 5.91 Å². The Morgan fingerprint density at radius 2 is 1.89 bits per heavy atom. The first kappa shape index (κ1) is 24.6. The number of benzene rings is 2. The maximum atomic E-state index is 13.3. The minimum Gasteiger partial charge on any atom is -0.493 e. The number of rotatable bonds is 6. The van der Waals surface area contributed by atoms with E-state index in [4.69, 9.17) is 9.15 Å². The number of carbonyl (C=O) groups is 1. The van der Waals surface area contributed by atoms with E-state index in [1.807, 2.05) is 54.6 Å². The molecule has 9 nitrogen and oxygen atoms in total. The van der Waals surface area contributed by atoms with Gasteiger partial charge in [-0.05, 0) is 68.4 Å². The minimum absolute atomic E-state index is 0.114. The average Bonchev–Trinajstić information content (AvgIpc) is 3.46. The van der Waals surface area contributed by atoms with Gasteiger partial charge in [0, 0.05) is 45.7 Å². The van der Waals surface area contributed by atoms with E-state index in [0.717, 1.165) is 53.0 Å². The summed E-state index contributed by atoms with van der Waals surface area (Å²) in [5, 5.41) is 19.0. The first-order valence-corrected chi connectivity index (χ1v) is 13.5. The van der Waals surface area contributed by atoms with E-state index in [9.17, 15) is 4.79 Å². The topological polar surface area (TPSA) is 114 Å². The number of carbonyl (C=O) groups excluding carboxylic acids is 1. The van der Waals surface area contributed by atoms with Gasteiger partial charge < -0.3 is 25.1 Å². The van der Waals surface area contributed by atoms with Crippen LogP contribution in [0.25, 0.3) is 11.5 Å². The van der Waals surface area contributed by atoms with Gasteiger partial charge in [-0.2, -0.15) is 0 Å². The Morgan fingerprint density at radius 1 is 1.05 bits per heavy atom.